The Morgan fingerprint density at radius 1 is 1.17 bits per heavy atom. The second-order valence-corrected chi connectivity index (χ2v) is 7.54. The summed E-state index contributed by atoms with van der Waals surface area (Å²) in [6.45, 7) is 0.900. The van der Waals surface area contributed by atoms with Crippen molar-refractivity contribution in [1.82, 2.24) is 10.1 Å². The van der Waals surface area contributed by atoms with Crippen molar-refractivity contribution in [2.45, 2.75) is 25.7 Å². The summed E-state index contributed by atoms with van der Waals surface area (Å²) in [6.07, 6.45) is 3.69. The molecular formula is C22H19N5O2. The van der Waals surface area contributed by atoms with Gasteiger partial charge in [-0.25, -0.2) is 0 Å². The van der Waals surface area contributed by atoms with Crippen LogP contribution in [0.4, 0.5) is 11.4 Å². The number of nitrogens with one attached hydrogen (secondary N) is 2. The Labute approximate surface area is 167 Å². The molecule has 1 saturated carbocycles. The molecule has 0 unspecified atom stereocenters. The van der Waals surface area contributed by atoms with Crippen molar-refractivity contribution in [3.63, 3.8) is 0 Å². The first-order valence-corrected chi connectivity index (χ1v) is 9.75. The molecule has 1 aliphatic carbocycles. The standard InChI is InChI=1S/C22H19N5O2/c23-11-17-10-16(4-6-18(17)24-12-13-1-2-13)22-26-21(27-29-22)15-3-7-19-14(9-15)5-8-20(28)25-19/h3-4,6-7,9-10,13,24H,1-2,5,8,12H2,(H,25,28). The molecule has 1 amide bonds. The van der Waals surface area contributed by atoms with Crippen LogP contribution in [0.1, 0.15) is 30.4 Å². The summed E-state index contributed by atoms with van der Waals surface area (Å²) >= 11 is 0. The van der Waals surface area contributed by atoms with Gasteiger partial charge in [0.2, 0.25) is 11.7 Å². The molecule has 1 fully saturated rings. The molecule has 144 valence electrons. The minimum absolute atomic E-state index is 0.0375. The SMILES string of the molecule is N#Cc1cc(-c2nc(-c3ccc4c(c3)CCC(=O)N4)no2)ccc1NCC1CC1. The summed E-state index contributed by atoms with van der Waals surface area (Å²) in [5.41, 5.74) is 4.83. The molecule has 1 aromatic heterocycles. The predicted molar refractivity (Wildman–Crippen MR) is 108 cm³/mol. The monoisotopic (exact) mass is 385 g/mol. The Balaban J connectivity index is 1.40. The molecule has 0 bridgehead atoms. The highest BCUT2D eigenvalue weighted by Crippen LogP contribution is 2.31. The molecule has 7 nitrogen and oxygen atoms in total. The second kappa shape index (κ2) is 7.06. The quantitative estimate of drug-likeness (QED) is 0.688. The third kappa shape index (κ3) is 3.57. The van der Waals surface area contributed by atoms with Crippen LogP contribution in [0.25, 0.3) is 22.8 Å². The third-order valence-corrected chi connectivity index (χ3v) is 5.35. The van der Waals surface area contributed by atoms with Crippen LogP contribution in [-0.2, 0) is 11.2 Å². The molecule has 29 heavy (non-hydrogen) atoms. The molecule has 3 aromatic rings. The zero-order valence-electron chi connectivity index (χ0n) is 15.7. The first kappa shape index (κ1) is 17.4. The first-order chi connectivity index (χ1) is 14.2. The van der Waals surface area contributed by atoms with Crippen molar-refractivity contribution < 1.29 is 9.32 Å². The van der Waals surface area contributed by atoms with Crippen molar-refractivity contribution in [2.24, 2.45) is 5.92 Å². The van der Waals surface area contributed by atoms with E-state index in [4.69, 9.17) is 4.52 Å². The summed E-state index contributed by atoms with van der Waals surface area (Å²) in [6, 6.07) is 13.5. The number of rotatable bonds is 5. The molecule has 7 heteroatoms. The maximum atomic E-state index is 11.5. The van der Waals surface area contributed by atoms with Gasteiger partial charge in [0.25, 0.3) is 5.89 Å². The van der Waals surface area contributed by atoms with E-state index < -0.39 is 0 Å². The second-order valence-electron chi connectivity index (χ2n) is 7.54. The number of benzene rings is 2. The smallest absolute Gasteiger partial charge is 0.258 e. The Morgan fingerprint density at radius 2 is 2.03 bits per heavy atom. The molecule has 2 heterocycles. The van der Waals surface area contributed by atoms with Gasteiger partial charge in [-0.2, -0.15) is 10.2 Å². The fraction of sp³-hybridized carbons (Fsp3) is 0.273. The lowest BCUT2D eigenvalue weighted by Gasteiger charge is -2.16. The van der Waals surface area contributed by atoms with Gasteiger partial charge in [-0.3, -0.25) is 4.79 Å². The van der Waals surface area contributed by atoms with Crippen LogP contribution in [0.5, 0.6) is 0 Å². The molecule has 5 rings (SSSR count). The number of nitriles is 1. The van der Waals surface area contributed by atoms with Gasteiger partial charge in [-0.15, -0.1) is 0 Å². The van der Waals surface area contributed by atoms with Crippen molar-refractivity contribution in [1.29, 1.82) is 5.26 Å². The fourth-order valence-electron chi connectivity index (χ4n) is 3.48. The van der Waals surface area contributed by atoms with Gasteiger partial charge in [-0.1, -0.05) is 5.16 Å². The summed E-state index contributed by atoms with van der Waals surface area (Å²) in [5.74, 6) is 1.62. The van der Waals surface area contributed by atoms with Crippen LogP contribution < -0.4 is 10.6 Å². The lowest BCUT2D eigenvalue weighted by atomic mass is 10.0. The molecule has 0 radical (unpaired) electrons. The highest BCUT2D eigenvalue weighted by molar-refractivity contribution is 5.94. The van der Waals surface area contributed by atoms with E-state index in [-0.39, 0.29) is 5.91 Å². The molecule has 1 aliphatic heterocycles. The van der Waals surface area contributed by atoms with Gasteiger partial charge in [0.05, 0.1) is 11.3 Å². The highest BCUT2D eigenvalue weighted by atomic mass is 16.5. The van der Waals surface area contributed by atoms with Gasteiger partial charge >= 0.3 is 0 Å². The van der Waals surface area contributed by atoms with Gasteiger partial charge in [-0.05, 0) is 67.1 Å². The van der Waals surface area contributed by atoms with Crippen LogP contribution >= 0.6 is 0 Å². The third-order valence-electron chi connectivity index (χ3n) is 5.35. The van der Waals surface area contributed by atoms with Crippen molar-refractivity contribution in [2.75, 3.05) is 17.2 Å². The van der Waals surface area contributed by atoms with Gasteiger partial charge in [0, 0.05) is 29.8 Å². The fourth-order valence-corrected chi connectivity index (χ4v) is 3.48. The maximum Gasteiger partial charge on any atom is 0.258 e. The van der Waals surface area contributed by atoms with Gasteiger partial charge < -0.3 is 15.2 Å². The number of fused-ring (bicyclic) bond motifs is 1. The molecule has 2 aliphatic rings. The number of aryl methyl sites for hydroxylation is 1. The summed E-state index contributed by atoms with van der Waals surface area (Å²) in [5, 5.41) is 19.8. The van der Waals surface area contributed by atoms with E-state index >= 15 is 0 Å². The summed E-state index contributed by atoms with van der Waals surface area (Å²) in [7, 11) is 0. The molecular weight excluding hydrogens is 366 g/mol. The molecule has 2 aromatic carbocycles. The van der Waals surface area contributed by atoms with Crippen LogP contribution in [0.15, 0.2) is 40.9 Å². The number of nitrogens with zero attached hydrogens (tertiary/aromatic N) is 3. The molecule has 0 spiro atoms. The summed E-state index contributed by atoms with van der Waals surface area (Å²) in [4.78, 5) is 16.0. The normalized spacial score (nSPS) is 15.3. The van der Waals surface area contributed by atoms with E-state index in [0.717, 1.165) is 35.0 Å². The number of aromatic nitrogens is 2. The number of carbonyl (C=O) groups excluding carboxylic acids is 1. The number of hydrogen-bond acceptors (Lipinski definition) is 6. The van der Waals surface area contributed by atoms with E-state index in [0.29, 0.717) is 35.7 Å². The Hall–Kier alpha value is -3.66. The van der Waals surface area contributed by atoms with Crippen LogP contribution in [0, 0.1) is 17.2 Å². The van der Waals surface area contributed by atoms with Crippen molar-refractivity contribution in [3.05, 3.63) is 47.5 Å². The van der Waals surface area contributed by atoms with Gasteiger partial charge in [0.1, 0.15) is 6.07 Å². The molecule has 0 atom stereocenters. The minimum atomic E-state index is 0.0375. The van der Waals surface area contributed by atoms with Crippen molar-refractivity contribution >= 4 is 17.3 Å². The topological polar surface area (TPSA) is 104 Å². The van der Waals surface area contributed by atoms with E-state index in [1.54, 1.807) is 6.07 Å². The number of hydrogen-bond donors (Lipinski definition) is 2. The average Bonchev–Trinajstić information content (AvgIpc) is 3.45. The Bertz CT molecular complexity index is 1140. The first-order valence-electron chi connectivity index (χ1n) is 9.75. The zero-order valence-corrected chi connectivity index (χ0v) is 15.7. The maximum absolute atomic E-state index is 11.5. The predicted octanol–water partition coefficient (Wildman–Crippen LogP) is 3.98. The number of amides is 1. The Kier molecular flexibility index (Phi) is 4.24. The lowest BCUT2D eigenvalue weighted by Crippen LogP contribution is -2.18. The highest BCUT2D eigenvalue weighted by Gasteiger charge is 2.21. The largest absolute Gasteiger partial charge is 0.384 e. The van der Waals surface area contributed by atoms with E-state index in [1.807, 2.05) is 30.3 Å². The summed E-state index contributed by atoms with van der Waals surface area (Å²) < 4.78 is 5.45. The molecule has 0 saturated heterocycles. The molecule has 2 N–H and O–H groups in total. The minimum Gasteiger partial charge on any atom is -0.384 e. The van der Waals surface area contributed by atoms with E-state index in [1.165, 1.54) is 12.8 Å². The van der Waals surface area contributed by atoms with Crippen LogP contribution in [0.3, 0.4) is 0 Å². The average molecular weight is 385 g/mol. The lowest BCUT2D eigenvalue weighted by molar-refractivity contribution is -0.116. The van der Waals surface area contributed by atoms with E-state index in [9.17, 15) is 10.1 Å². The zero-order chi connectivity index (χ0) is 19.8. The number of anilines is 2. The van der Waals surface area contributed by atoms with Crippen LogP contribution in [-0.4, -0.2) is 22.6 Å². The van der Waals surface area contributed by atoms with Gasteiger partial charge in [0.15, 0.2) is 0 Å². The van der Waals surface area contributed by atoms with Crippen molar-refractivity contribution in [3.8, 4) is 28.9 Å². The Morgan fingerprint density at radius 3 is 2.86 bits per heavy atom. The number of carbonyl (C=O) groups is 1. The van der Waals surface area contributed by atoms with E-state index in [2.05, 4.69) is 26.8 Å². The van der Waals surface area contributed by atoms with Crippen LogP contribution in [0.2, 0.25) is 0 Å².